The molecule has 3 rings (SSSR count). The van der Waals surface area contributed by atoms with Crippen molar-refractivity contribution in [3.05, 3.63) is 42.1 Å². The minimum absolute atomic E-state index is 0. The molecule has 0 saturated carbocycles. The lowest BCUT2D eigenvalue weighted by molar-refractivity contribution is 0.361. The summed E-state index contributed by atoms with van der Waals surface area (Å²) in [4.78, 5) is 13.4. The van der Waals surface area contributed by atoms with Gasteiger partial charge in [-0.05, 0) is 12.1 Å². The minimum Gasteiger partial charge on any atom is -0.496 e. The van der Waals surface area contributed by atoms with Gasteiger partial charge in [0.15, 0.2) is 5.96 Å². The summed E-state index contributed by atoms with van der Waals surface area (Å²) in [6.07, 6.45) is 1.83. The Balaban J connectivity index is 0.00000320. The molecule has 1 N–H and O–H groups in total. The SMILES string of the molecule is CN=C(NCc1c(OC)cc(OC)cc1OC)N1CCN(c2ccccn2)CC1.I. The van der Waals surface area contributed by atoms with Crippen molar-refractivity contribution in [2.24, 2.45) is 4.99 Å². The van der Waals surface area contributed by atoms with E-state index in [1.807, 2.05) is 36.5 Å². The highest BCUT2D eigenvalue weighted by molar-refractivity contribution is 14.0. The van der Waals surface area contributed by atoms with Crippen LogP contribution in [0, 0.1) is 0 Å². The van der Waals surface area contributed by atoms with E-state index < -0.39 is 0 Å². The number of hydrogen-bond acceptors (Lipinski definition) is 6. The fraction of sp³-hybridized carbons (Fsp3) is 0.429. The van der Waals surface area contributed by atoms with Crippen LogP contribution in [0.2, 0.25) is 0 Å². The molecule has 0 unspecified atom stereocenters. The Kier molecular flexibility index (Phi) is 9.28. The molecule has 30 heavy (non-hydrogen) atoms. The number of benzene rings is 1. The predicted molar refractivity (Wildman–Crippen MR) is 130 cm³/mol. The normalized spacial score (nSPS) is 14.1. The van der Waals surface area contributed by atoms with Gasteiger partial charge in [0.2, 0.25) is 0 Å². The van der Waals surface area contributed by atoms with Crippen LogP contribution < -0.4 is 24.4 Å². The molecular weight excluding hydrogens is 497 g/mol. The van der Waals surface area contributed by atoms with E-state index in [0.717, 1.165) is 43.5 Å². The Labute approximate surface area is 195 Å². The number of aliphatic imine (C=N–C) groups is 1. The molecule has 0 aliphatic carbocycles. The number of rotatable bonds is 6. The zero-order valence-electron chi connectivity index (χ0n) is 17.9. The van der Waals surface area contributed by atoms with Crippen LogP contribution in [0.5, 0.6) is 17.2 Å². The van der Waals surface area contributed by atoms with Gasteiger partial charge < -0.3 is 29.3 Å². The van der Waals surface area contributed by atoms with Crippen LogP contribution in [0.15, 0.2) is 41.5 Å². The summed E-state index contributed by atoms with van der Waals surface area (Å²) in [7, 11) is 6.71. The van der Waals surface area contributed by atoms with Gasteiger partial charge in [0.05, 0.1) is 33.4 Å². The second-order valence-corrected chi connectivity index (χ2v) is 6.57. The Hall–Kier alpha value is -2.43. The topological polar surface area (TPSA) is 71.5 Å². The van der Waals surface area contributed by atoms with Crippen molar-refractivity contribution in [1.82, 2.24) is 15.2 Å². The van der Waals surface area contributed by atoms with Crippen LogP contribution in [0.25, 0.3) is 0 Å². The summed E-state index contributed by atoms with van der Waals surface area (Å²) in [5.74, 6) is 3.99. The maximum atomic E-state index is 5.54. The molecule has 0 spiro atoms. The molecule has 1 aromatic heterocycles. The van der Waals surface area contributed by atoms with Gasteiger partial charge in [0.1, 0.15) is 23.1 Å². The smallest absolute Gasteiger partial charge is 0.194 e. The van der Waals surface area contributed by atoms with E-state index in [4.69, 9.17) is 14.2 Å². The second kappa shape index (κ2) is 11.7. The summed E-state index contributed by atoms with van der Waals surface area (Å²) in [5, 5.41) is 3.44. The van der Waals surface area contributed by atoms with Gasteiger partial charge >= 0.3 is 0 Å². The summed E-state index contributed by atoms with van der Waals surface area (Å²) in [6, 6.07) is 9.71. The van der Waals surface area contributed by atoms with Crippen molar-refractivity contribution < 1.29 is 14.2 Å². The number of hydrogen-bond donors (Lipinski definition) is 1. The summed E-state index contributed by atoms with van der Waals surface area (Å²) in [6.45, 7) is 4.06. The molecule has 0 atom stereocenters. The highest BCUT2D eigenvalue weighted by atomic mass is 127. The monoisotopic (exact) mass is 527 g/mol. The fourth-order valence-corrected chi connectivity index (χ4v) is 3.44. The Morgan fingerprint density at radius 2 is 1.70 bits per heavy atom. The Bertz CT molecular complexity index is 802. The molecule has 1 saturated heterocycles. The summed E-state index contributed by atoms with van der Waals surface area (Å²) >= 11 is 0. The van der Waals surface area contributed by atoms with Crippen molar-refractivity contribution in [2.45, 2.75) is 6.54 Å². The van der Waals surface area contributed by atoms with Crippen molar-refractivity contribution >= 4 is 35.8 Å². The first-order valence-electron chi connectivity index (χ1n) is 9.60. The van der Waals surface area contributed by atoms with Crippen LogP contribution in [0.3, 0.4) is 0 Å². The number of anilines is 1. The van der Waals surface area contributed by atoms with Gasteiger partial charge in [0.25, 0.3) is 0 Å². The number of ether oxygens (including phenoxy) is 3. The van der Waals surface area contributed by atoms with Crippen LogP contribution in [-0.4, -0.2) is 70.4 Å². The lowest BCUT2D eigenvalue weighted by Crippen LogP contribution is -2.52. The third-order valence-electron chi connectivity index (χ3n) is 5.00. The van der Waals surface area contributed by atoms with Gasteiger partial charge in [-0.3, -0.25) is 4.99 Å². The molecule has 164 valence electrons. The third-order valence-corrected chi connectivity index (χ3v) is 5.00. The molecule has 0 bridgehead atoms. The Morgan fingerprint density at radius 3 is 2.20 bits per heavy atom. The summed E-state index contributed by atoms with van der Waals surface area (Å²) < 4.78 is 16.4. The first-order valence-corrected chi connectivity index (χ1v) is 9.60. The zero-order valence-corrected chi connectivity index (χ0v) is 20.3. The van der Waals surface area contributed by atoms with Crippen molar-refractivity contribution in [1.29, 1.82) is 0 Å². The quantitative estimate of drug-likeness (QED) is 0.352. The van der Waals surface area contributed by atoms with Gasteiger partial charge in [-0.2, -0.15) is 0 Å². The van der Waals surface area contributed by atoms with Crippen LogP contribution in [0.4, 0.5) is 5.82 Å². The zero-order chi connectivity index (χ0) is 20.6. The number of nitrogens with zero attached hydrogens (tertiary/aromatic N) is 4. The molecule has 0 radical (unpaired) electrons. The fourth-order valence-electron chi connectivity index (χ4n) is 3.44. The molecule has 9 heteroatoms. The van der Waals surface area contributed by atoms with E-state index in [1.54, 1.807) is 28.4 Å². The number of methoxy groups -OCH3 is 3. The summed E-state index contributed by atoms with van der Waals surface area (Å²) in [5.41, 5.74) is 0.920. The molecule has 1 aromatic carbocycles. The van der Waals surface area contributed by atoms with Crippen molar-refractivity contribution in [2.75, 3.05) is 59.5 Å². The molecule has 1 fully saturated rings. The van der Waals surface area contributed by atoms with E-state index in [1.165, 1.54) is 0 Å². The lowest BCUT2D eigenvalue weighted by atomic mass is 10.1. The number of aromatic nitrogens is 1. The molecule has 0 amide bonds. The van der Waals surface area contributed by atoms with Crippen molar-refractivity contribution in [3.63, 3.8) is 0 Å². The second-order valence-electron chi connectivity index (χ2n) is 6.57. The van der Waals surface area contributed by atoms with E-state index in [9.17, 15) is 0 Å². The first kappa shape index (κ1) is 23.8. The third kappa shape index (κ3) is 5.59. The van der Waals surface area contributed by atoms with E-state index in [2.05, 4.69) is 25.1 Å². The highest BCUT2D eigenvalue weighted by Gasteiger charge is 2.21. The van der Waals surface area contributed by atoms with Crippen LogP contribution in [-0.2, 0) is 6.54 Å². The molecule has 2 aromatic rings. The molecular formula is C21H30IN5O3. The first-order chi connectivity index (χ1) is 14.2. The molecule has 1 aliphatic rings. The van der Waals surface area contributed by atoms with Crippen LogP contribution >= 0.6 is 24.0 Å². The largest absolute Gasteiger partial charge is 0.496 e. The van der Waals surface area contributed by atoms with E-state index in [-0.39, 0.29) is 24.0 Å². The Morgan fingerprint density at radius 1 is 1.03 bits per heavy atom. The van der Waals surface area contributed by atoms with Gasteiger partial charge in [-0.1, -0.05) is 6.07 Å². The number of piperazine rings is 1. The number of nitrogens with one attached hydrogen (secondary N) is 1. The molecule has 2 heterocycles. The standard InChI is InChI=1S/C21H29N5O3.HI/c1-22-21(26-11-9-25(10-12-26)20-7-5-6-8-23-20)24-15-17-18(28-3)13-16(27-2)14-19(17)29-4;/h5-8,13-14H,9-12,15H2,1-4H3,(H,22,24);1H. The van der Waals surface area contributed by atoms with E-state index in [0.29, 0.717) is 23.8 Å². The molecule has 1 aliphatic heterocycles. The predicted octanol–water partition coefficient (Wildman–Crippen LogP) is 2.62. The highest BCUT2D eigenvalue weighted by Crippen LogP contribution is 2.33. The maximum absolute atomic E-state index is 5.54. The van der Waals surface area contributed by atoms with Gasteiger partial charge in [-0.15, -0.1) is 24.0 Å². The number of halogens is 1. The van der Waals surface area contributed by atoms with Crippen molar-refractivity contribution in [3.8, 4) is 17.2 Å². The average molecular weight is 527 g/mol. The number of pyridine rings is 1. The van der Waals surface area contributed by atoms with Gasteiger partial charge in [0, 0.05) is 51.6 Å². The van der Waals surface area contributed by atoms with Crippen LogP contribution in [0.1, 0.15) is 5.56 Å². The van der Waals surface area contributed by atoms with Gasteiger partial charge in [-0.25, -0.2) is 4.98 Å². The molecule has 8 nitrogen and oxygen atoms in total. The average Bonchev–Trinajstić information content (AvgIpc) is 2.80. The minimum atomic E-state index is 0. The maximum Gasteiger partial charge on any atom is 0.194 e. The number of guanidine groups is 1. The van der Waals surface area contributed by atoms with E-state index >= 15 is 0 Å². The lowest BCUT2D eigenvalue weighted by Gasteiger charge is -2.37.